The molecule has 0 aromatic rings. The van der Waals surface area contributed by atoms with E-state index in [9.17, 15) is 0 Å². The SMILES string of the molecule is C.C.C1CC2CNCCN2C1.C1CCNC1.C1CNC1.C1NCC2CNCC12.CC.CC.CC.CC(C)(C)C.CC(C)(C)C.CC(C)(C)C.CC(C)(C)C.CC(C)(C)C.CC(C)(C)C.[CH2-]CCNC[CH2-].[CH2-]CNC[CH2-].[Y].[Y]. The Kier molecular flexibility index (Phi) is 106. The standard InChI is InChI=1S/C7H14N2.C6H12N2.C5H11N.6C5H12.2C4H9N.C3H7N.3C2H6.2CH4.2Y/c1-2-7-6-8-3-5-9(7)4-1;1-5-2-8-4-6(5)3-7-1;1-3-5-6-4-2;6*1-5(2,3)4;1-2-4-5-3-1;1-3-5-4-2;1-2-4-3-1;3*1-2;;;;/h7-8H,1-6H2;5-8H,1-4H2;6H,1-5H2;6*1-4H3;2*5H,1-4H2;4H,1-3H2;3*1-2H3;2*1H4;;/q;;-2;;;;;;;;-2;;;;;;;;. The molecule has 2 radical (unpaired) electrons. The second-order valence-electron chi connectivity index (χ2n) is 28.3. The van der Waals surface area contributed by atoms with Crippen LogP contribution in [0.1, 0.15) is 261 Å². The van der Waals surface area contributed by atoms with Gasteiger partial charge in [0, 0.05) is 91.1 Å². The van der Waals surface area contributed by atoms with Gasteiger partial charge in [-0.2, -0.15) is 6.42 Å². The summed E-state index contributed by atoms with van der Waals surface area (Å²) in [6, 6.07) is 0.888. The largest absolute Gasteiger partial charge is 0.376 e. The van der Waals surface area contributed by atoms with E-state index >= 15 is 0 Å². The summed E-state index contributed by atoms with van der Waals surface area (Å²) in [5.41, 5.74) is 3.00. The Bertz CT molecular complexity index is 771. The van der Waals surface area contributed by atoms with Gasteiger partial charge in [-0.15, -0.1) is 19.6 Å². The van der Waals surface area contributed by atoms with Gasteiger partial charge in [-0.05, 0) is 142 Å². The zero-order valence-corrected chi connectivity index (χ0v) is 63.9. The van der Waals surface area contributed by atoms with Crippen molar-refractivity contribution in [2.45, 2.75) is 267 Å². The van der Waals surface area contributed by atoms with Gasteiger partial charge in [0.1, 0.15) is 0 Å². The van der Waals surface area contributed by atoms with Crippen molar-refractivity contribution in [3.8, 4) is 0 Å². The summed E-state index contributed by atoms with van der Waals surface area (Å²) in [4.78, 5) is 2.61. The van der Waals surface area contributed by atoms with Gasteiger partial charge in [-0.1, -0.05) is 223 Å². The molecule has 0 amide bonds. The molecule has 0 aromatic carbocycles. The molecule has 10 heteroatoms. The Hall–Kier alpha value is 1.89. The second kappa shape index (κ2) is 74.0. The van der Waals surface area contributed by atoms with Crippen LogP contribution >= 0.6 is 0 Å². The summed E-state index contributed by atoms with van der Waals surface area (Å²) in [5, 5.41) is 22.4. The molecule has 77 heavy (non-hydrogen) atoms. The van der Waals surface area contributed by atoms with E-state index in [4.69, 9.17) is 0 Å². The molecule has 8 nitrogen and oxygen atoms in total. The molecule has 6 heterocycles. The van der Waals surface area contributed by atoms with Crippen LogP contribution in [0.3, 0.4) is 0 Å². The van der Waals surface area contributed by atoms with Gasteiger partial charge in [0.2, 0.25) is 0 Å². The molecule has 0 spiro atoms. The van der Waals surface area contributed by atoms with E-state index < -0.39 is 0 Å². The van der Waals surface area contributed by atoms with Gasteiger partial charge in [0.25, 0.3) is 0 Å². The van der Waals surface area contributed by atoms with Gasteiger partial charge in [-0.3, -0.25) is 4.90 Å². The first-order valence-electron chi connectivity index (χ1n) is 30.1. The minimum absolute atomic E-state index is 0. The van der Waals surface area contributed by atoms with Crippen molar-refractivity contribution in [1.29, 1.82) is 0 Å². The molecule has 6 aliphatic heterocycles. The Balaban J connectivity index is -0.0000000524. The number of piperazine rings is 1. The monoisotopic (exact) mass is 1260 g/mol. The zero-order chi connectivity index (χ0) is 59.8. The van der Waals surface area contributed by atoms with Crippen LogP contribution in [-0.4, -0.2) is 116 Å². The molecule has 478 valence electrons. The summed E-state index contributed by atoms with van der Waals surface area (Å²) in [6.07, 6.45) is 7.97. The number of nitrogens with zero attached hydrogens (tertiary/aromatic N) is 1. The van der Waals surface area contributed by atoms with E-state index in [0.717, 1.165) is 50.5 Å². The average molecular weight is 1260 g/mol. The van der Waals surface area contributed by atoms with E-state index in [1.54, 1.807) is 0 Å². The fourth-order valence-corrected chi connectivity index (χ4v) is 4.81. The minimum atomic E-state index is 0. The topological polar surface area (TPSA) is 87.5 Å². The van der Waals surface area contributed by atoms with E-state index in [1.807, 2.05) is 41.5 Å². The van der Waals surface area contributed by atoms with Crippen LogP contribution in [0.5, 0.6) is 0 Å². The van der Waals surface area contributed by atoms with Crippen LogP contribution in [0, 0.1) is 72.0 Å². The quantitative estimate of drug-likeness (QED) is 0.108. The van der Waals surface area contributed by atoms with Crippen LogP contribution in [0.2, 0.25) is 0 Å². The van der Waals surface area contributed by atoms with Crippen LogP contribution in [-0.2, 0) is 65.4 Å². The van der Waals surface area contributed by atoms with Crippen molar-refractivity contribution in [1.82, 2.24) is 42.1 Å². The first-order chi connectivity index (χ1) is 33.3. The summed E-state index contributed by atoms with van der Waals surface area (Å²) >= 11 is 0. The van der Waals surface area contributed by atoms with Crippen molar-refractivity contribution < 1.29 is 65.4 Å². The number of hydrogen-bond donors (Lipinski definition) is 7. The Morgan fingerprint density at radius 3 is 0.792 bits per heavy atom. The number of fused-ring (bicyclic) bond motifs is 2. The van der Waals surface area contributed by atoms with Crippen LogP contribution in [0.4, 0.5) is 0 Å². The second-order valence-corrected chi connectivity index (χ2v) is 28.3. The van der Waals surface area contributed by atoms with E-state index in [2.05, 4.69) is 236 Å². The maximum Gasteiger partial charge on any atom is 0.0221 e. The third kappa shape index (κ3) is 188. The summed E-state index contributed by atoms with van der Waals surface area (Å²) in [5.74, 6) is 1.91. The normalized spacial score (nSPS) is 17.9. The van der Waals surface area contributed by atoms with E-state index in [-0.39, 0.29) is 80.3 Å². The fourth-order valence-electron chi connectivity index (χ4n) is 4.81. The summed E-state index contributed by atoms with van der Waals surface area (Å²) in [7, 11) is 0. The van der Waals surface area contributed by atoms with Crippen molar-refractivity contribution in [3.63, 3.8) is 0 Å². The summed E-state index contributed by atoms with van der Waals surface area (Å²) < 4.78 is 0. The maximum atomic E-state index is 3.63. The Morgan fingerprint density at radius 2 is 0.623 bits per heavy atom. The van der Waals surface area contributed by atoms with E-state index in [0.29, 0.717) is 32.5 Å². The smallest absolute Gasteiger partial charge is 0.0221 e. The molecule has 0 aromatic heterocycles. The molecule has 6 aliphatic rings. The Labute approximate surface area is 546 Å². The number of rotatable bonds is 5. The molecule has 6 saturated heterocycles. The maximum absolute atomic E-state index is 3.63. The third-order valence-corrected chi connectivity index (χ3v) is 7.30. The predicted octanol–water partition coefficient (Wildman–Crippen LogP) is 17.4. The predicted molar refractivity (Wildman–Crippen MR) is 360 cm³/mol. The van der Waals surface area contributed by atoms with Crippen molar-refractivity contribution in [3.05, 3.63) is 27.7 Å². The molecule has 6 rings (SSSR count). The first-order valence-corrected chi connectivity index (χ1v) is 30.1. The van der Waals surface area contributed by atoms with Crippen LogP contribution in [0.25, 0.3) is 0 Å². The number of hydrogen-bond acceptors (Lipinski definition) is 8. The zero-order valence-electron chi connectivity index (χ0n) is 58.2. The van der Waals surface area contributed by atoms with Crippen LogP contribution in [0.15, 0.2) is 0 Å². The Morgan fingerprint density at radius 1 is 0.364 bits per heavy atom. The van der Waals surface area contributed by atoms with Crippen molar-refractivity contribution in [2.75, 3.05) is 105 Å². The van der Waals surface area contributed by atoms with E-state index in [1.165, 1.54) is 111 Å². The van der Waals surface area contributed by atoms with Gasteiger partial charge in [-0.25, -0.2) is 0 Å². The minimum Gasteiger partial charge on any atom is -0.376 e. The van der Waals surface area contributed by atoms with Crippen LogP contribution < -0.4 is 37.2 Å². The molecule has 1 atom stereocenters. The molecular formula is C67H160N8Y2-4. The fraction of sp³-hybridized carbons (Fsp3) is 0.940. The molecule has 1 unspecified atom stereocenters. The first kappa shape index (κ1) is 110. The van der Waals surface area contributed by atoms with Gasteiger partial charge < -0.3 is 64.9 Å². The molecule has 7 N–H and O–H groups in total. The molecule has 0 aliphatic carbocycles. The molecule has 0 saturated carbocycles. The average Bonchev–Trinajstić information content (AvgIpc) is 4.04. The van der Waals surface area contributed by atoms with Gasteiger partial charge in [0.15, 0.2) is 0 Å². The molecular weight excluding hydrogens is 1090 g/mol. The number of nitrogens with one attached hydrogen (secondary N) is 7. The summed E-state index contributed by atoms with van der Waals surface area (Å²) in [6.45, 7) is 97.2. The molecule has 0 bridgehead atoms. The van der Waals surface area contributed by atoms with Gasteiger partial charge >= 0.3 is 0 Å². The van der Waals surface area contributed by atoms with Gasteiger partial charge in [0.05, 0.1) is 0 Å². The third-order valence-electron chi connectivity index (χ3n) is 7.30. The van der Waals surface area contributed by atoms with Crippen molar-refractivity contribution in [2.24, 2.45) is 44.3 Å². The molecule has 6 fully saturated rings. The van der Waals surface area contributed by atoms with Crippen molar-refractivity contribution >= 4 is 0 Å².